The molecule has 0 aliphatic rings. The van der Waals surface area contributed by atoms with Gasteiger partial charge in [0.1, 0.15) is 5.76 Å². The van der Waals surface area contributed by atoms with Crippen molar-refractivity contribution < 1.29 is 18.8 Å². The van der Waals surface area contributed by atoms with Gasteiger partial charge in [-0.25, -0.2) is 4.79 Å². The summed E-state index contributed by atoms with van der Waals surface area (Å²) in [6, 6.07) is 8.33. The number of amides is 1. The zero-order valence-corrected chi connectivity index (χ0v) is 11.2. The van der Waals surface area contributed by atoms with Crippen molar-refractivity contribution in [1.29, 1.82) is 0 Å². The maximum Gasteiger partial charge on any atom is 0.339 e. The Hall–Kier alpha value is -2.63. The fraction of sp³-hybridized carbons (Fsp3) is 0.214. The zero-order chi connectivity index (χ0) is 14.5. The molecule has 0 fully saturated rings. The molecule has 2 aromatic rings. The van der Waals surface area contributed by atoms with Crippen LogP contribution in [0.2, 0.25) is 0 Å². The first kappa shape index (κ1) is 13.8. The summed E-state index contributed by atoms with van der Waals surface area (Å²) in [5, 5.41) is 6.41. The normalized spacial score (nSPS) is 10.1. The van der Waals surface area contributed by atoms with Crippen LogP contribution < -0.4 is 5.32 Å². The van der Waals surface area contributed by atoms with E-state index in [1.807, 2.05) is 0 Å². The van der Waals surface area contributed by atoms with Gasteiger partial charge in [-0.3, -0.25) is 4.79 Å². The van der Waals surface area contributed by atoms with Gasteiger partial charge >= 0.3 is 5.97 Å². The Labute approximate surface area is 115 Å². The van der Waals surface area contributed by atoms with Crippen molar-refractivity contribution in [3.05, 3.63) is 47.3 Å². The number of esters is 1. The topological polar surface area (TPSA) is 81.4 Å². The Morgan fingerprint density at radius 3 is 2.75 bits per heavy atom. The number of anilines is 1. The Balaban J connectivity index is 2.10. The van der Waals surface area contributed by atoms with Crippen molar-refractivity contribution in [3.63, 3.8) is 0 Å². The highest BCUT2D eigenvalue weighted by Crippen LogP contribution is 2.16. The number of nitrogens with one attached hydrogen (secondary N) is 1. The van der Waals surface area contributed by atoms with Gasteiger partial charge in [0.2, 0.25) is 5.91 Å². The summed E-state index contributed by atoms with van der Waals surface area (Å²) in [4.78, 5) is 23.5. The summed E-state index contributed by atoms with van der Waals surface area (Å²) in [6.07, 6.45) is 0.0762. The third kappa shape index (κ3) is 3.23. The van der Waals surface area contributed by atoms with Crippen LogP contribution in [0, 0.1) is 6.92 Å². The molecule has 6 heteroatoms. The standard InChI is InChI=1S/C14H14N2O4/c1-9-7-10(16-20-9)8-13(17)15-12-6-4-3-5-11(12)14(18)19-2/h3-7H,8H2,1-2H3,(H,15,17). The number of rotatable bonds is 4. The molecule has 0 bridgehead atoms. The molecule has 0 aliphatic heterocycles. The van der Waals surface area contributed by atoms with Crippen molar-refractivity contribution in [2.45, 2.75) is 13.3 Å². The van der Waals surface area contributed by atoms with E-state index < -0.39 is 5.97 Å². The summed E-state index contributed by atoms with van der Waals surface area (Å²) in [5.74, 6) is -0.143. The zero-order valence-electron chi connectivity index (χ0n) is 11.2. The molecule has 0 atom stereocenters. The van der Waals surface area contributed by atoms with E-state index in [-0.39, 0.29) is 12.3 Å². The number of nitrogens with zero attached hydrogens (tertiary/aromatic N) is 1. The fourth-order valence-corrected chi connectivity index (χ4v) is 1.74. The Morgan fingerprint density at radius 1 is 1.35 bits per heavy atom. The molecule has 2 rings (SSSR count). The van der Waals surface area contributed by atoms with Crippen LogP contribution in [0.3, 0.4) is 0 Å². The number of para-hydroxylation sites is 1. The number of benzene rings is 1. The van der Waals surface area contributed by atoms with Crippen molar-refractivity contribution >= 4 is 17.6 Å². The van der Waals surface area contributed by atoms with Crippen LogP contribution in [0.5, 0.6) is 0 Å². The first-order valence-corrected chi connectivity index (χ1v) is 5.99. The van der Waals surface area contributed by atoms with Gasteiger partial charge in [0.25, 0.3) is 0 Å². The van der Waals surface area contributed by atoms with Crippen LogP contribution in [0.25, 0.3) is 0 Å². The summed E-state index contributed by atoms with van der Waals surface area (Å²) in [7, 11) is 1.29. The van der Waals surface area contributed by atoms with Gasteiger partial charge in [-0.05, 0) is 19.1 Å². The fourth-order valence-electron chi connectivity index (χ4n) is 1.74. The van der Waals surface area contributed by atoms with Crippen LogP contribution in [0.15, 0.2) is 34.9 Å². The highest BCUT2D eigenvalue weighted by molar-refractivity contribution is 6.01. The van der Waals surface area contributed by atoms with Gasteiger partial charge in [-0.1, -0.05) is 17.3 Å². The predicted octanol–water partition coefficient (Wildman–Crippen LogP) is 1.95. The van der Waals surface area contributed by atoms with Crippen molar-refractivity contribution in [2.24, 2.45) is 0 Å². The SMILES string of the molecule is COC(=O)c1ccccc1NC(=O)Cc1cc(C)on1. The maximum atomic E-state index is 11.9. The summed E-state index contributed by atoms with van der Waals surface area (Å²) in [6.45, 7) is 1.75. The molecule has 6 nitrogen and oxygen atoms in total. The second-order valence-corrected chi connectivity index (χ2v) is 4.19. The molecular weight excluding hydrogens is 260 g/mol. The van der Waals surface area contributed by atoms with Crippen molar-refractivity contribution in [3.8, 4) is 0 Å². The number of methoxy groups -OCH3 is 1. The molecule has 1 heterocycles. The van der Waals surface area contributed by atoms with Gasteiger partial charge in [0.15, 0.2) is 0 Å². The number of hydrogen-bond donors (Lipinski definition) is 1. The molecule has 1 N–H and O–H groups in total. The third-order valence-electron chi connectivity index (χ3n) is 2.62. The van der Waals surface area contributed by atoms with E-state index in [0.29, 0.717) is 22.7 Å². The Bertz CT molecular complexity index is 634. The van der Waals surface area contributed by atoms with Gasteiger partial charge in [-0.15, -0.1) is 0 Å². The van der Waals surface area contributed by atoms with E-state index >= 15 is 0 Å². The summed E-state index contributed by atoms with van der Waals surface area (Å²) < 4.78 is 9.55. The minimum Gasteiger partial charge on any atom is -0.465 e. The van der Waals surface area contributed by atoms with E-state index in [0.717, 1.165) is 0 Å². The van der Waals surface area contributed by atoms with E-state index in [1.54, 1.807) is 37.3 Å². The predicted molar refractivity (Wildman–Crippen MR) is 71.4 cm³/mol. The minimum absolute atomic E-state index is 0.0762. The van der Waals surface area contributed by atoms with Crippen LogP contribution in [-0.2, 0) is 16.0 Å². The van der Waals surface area contributed by atoms with Crippen LogP contribution in [0.4, 0.5) is 5.69 Å². The lowest BCUT2D eigenvalue weighted by Gasteiger charge is -2.08. The average molecular weight is 274 g/mol. The summed E-state index contributed by atoms with van der Waals surface area (Å²) in [5.41, 5.74) is 1.25. The molecule has 20 heavy (non-hydrogen) atoms. The lowest BCUT2D eigenvalue weighted by molar-refractivity contribution is -0.115. The molecule has 0 saturated heterocycles. The van der Waals surface area contributed by atoms with E-state index in [1.165, 1.54) is 7.11 Å². The monoisotopic (exact) mass is 274 g/mol. The average Bonchev–Trinajstić information content (AvgIpc) is 2.83. The molecule has 0 unspecified atom stereocenters. The van der Waals surface area contributed by atoms with Crippen molar-refractivity contribution in [1.82, 2.24) is 5.16 Å². The number of aryl methyl sites for hydroxylation is 1. The van der Waals surface area contributed by atoms with E-state index in [9.17, 15) is 9.59 Å². The number of carbonyl (C=O) groups excluding carboxylic acids is 2. The smallest absolute Gasteiger partial charge is 0.339 e. The molecule has 1 aromatic heterocycles. The lowest BCUT2D eigenvalue weighted by atomic mass is 10.1. The van der Waals surface area contributed by atoms with Crippen LogP contribution in [0.1, 0.15) is 21.8 Å². The number of hydrogen-bond acceptors (Lipinski definition) is 5. The molecule has 1 aromatic carbocycles. The molecular formula is C14H14N2O4. The molecule has 104 valence electrons. The van der Waals surface area contributed by atoms with Gasteiger partial charge in [-0.2, -0.15) is 0 Å². The Kier molecular flexibility index (Phi) is 4.14. The largest absolute Gasteiger partial charge is 0.465 e. The minimum atomic E-state index is -0.502. The van der Waals surface area contributed by atoms with E-state index in [2.05, 4.69) is 15.2 Å². The molecule has 0 aliphatic carbocycles. The quantitative estimate of drug-likeness (QED) is 0.862. The van der Waals surface area contributed by atoms with E-state index in [4.69, 9.17) is 4.52 Å². The molecule has 1 amide bonds. The Morgan fingerprint density at radius 2 is 2.10 bits per heavy atom. The number of carbonyl (C=O) groups is 2. The van der Waals surface area contributed by atoms with Crippen LogP contribution >= 0.6 is 0 Å². The van der Waals surface area contributed by atoms with Gasteiger partial charge in [0, 0.05) is 6.07 Å². The molecule has 0 spiro atoms. The highest BCUT2D eigenvalue weighted by Gasteiger charge is 2.14. The first-order chi connectivity index (χ1) is 9.60. The first-order valence-electron chi connectivity index (χ1n) is 5.99. The third-order valence-corrected chi connectivity index (χ3v) is 2.62. The molecule has 0 saturated carbocycles. The highest BCUT2D eigenvalue weighted by atomic mass is 16.5. The number of ether oxygens (including phenoxy) is 1. The second-order valence-electron chi connectivity index (χ2n) is 4.19. The maximum absolute atomic E-state index is 11.9. The lowest BCUT2D eigenvalue weighted by Crippen LogP contribution is -2.17. The second kappa shape index (κ2) is 6.01. The van der Waals surface area contributed by atoms with Crippen molar-refractivity contribution in [2.75, 3.05) is 12.4 Å². The summed E-state index contributed by atoms with van der Waals surface area (Å²) >= 11 is 0. The van der Waals surface area contributed by atoms with Gasteiger partial charge in [0.05, 0.1) is 30.5 Å². The van der Waals surface area contributed by atoms with Crippen LogP contribution in [-0.4, -0.2) is 24.1 Å². The number of aromatic nitrogens is 1. The van der Waals surface area contributed by atoms with Gasteiger partial charge < -0.3 is 14.6 Å². The molecule has 0 radical (unpaired) electrons.